The van der Waals surface area contributed by atoms with Gasteiger partial charge < -0.3 is 10.0 Å². The van der Waals surface area contributed by atoms with E-state index < -0.39 is 0 Å². The summed E-state index contributed by atoms with van der Waals surface area (Å²) in [5, 5.41) is 8.97. The van der Waals surface area contributed by atoms with E-state index in [4.69, 9.17) is 5.11 Å². The average molecular weight is 290 g/mol. The van der Waals surface area contributed by atoms with Gasteiger partial charge in [-0.1, -0.05) is 6.92 Å². The number of piperazine rings is 1. The molecule has 0 saturated carbocycles. The standard InChI is InChI=1S/C15H22N4O2/c1-11-8-13-12(14(21)9-11)10-16-15(17-13)19-4-2-18(3-5-19)6-7-20/h10-11,20H,2-9H2,1H3/t11-/m1/s1. The lowest BCUT2D eigenvalue weighted by Gasteiger charge is -2.34. The van der Waals surface area contributed by atoms with Crippen molar-refractivity contribution in [2.45, 2.75) is 19.8 Å². The molecule has 6 heteroatoms. The molecule has 0 unspecified atom stereocenters. The second-order valence-electron chi connectivity index (χ2n) is 6.02. The van der Waals surface area contributed by atoms with E-state index in [9.17, 15) is 4.79 Å². The Morgan fingerprint density at radius 1 is 1.29 bits per heavy atom. The van der Waals surface area contributed by atoms with Crippen LogP contribution in [0.4, 0.5) is 5.95 Å². The molecule has 6 nitrogen and oxygen atoms in total. The summed E-state index contributed by atoms with van der Waals surface area (Å²) in [6, 6.07) is 0. The van der Waals surface area contributed by atoms with Gasteiger partial charge in [-0.25, -0.2) is 9.97 Å². The molecule has 1 aliphatic carbocycles. The summed E-state index contributed by atoms with van der Waals surface area (Å²) in [7, 11) is 0. The van der Waals surface area contributed by atoms with Crippen molar-refractivity contribution in [3.63, 3.8) is 0 Å². The summed E-state index contributed by atoms with van der Waals surface area (Å²) in [6.07, 6.45) is 3.17. The zero-order chi connectivity index (χ0) is 14.8. The lowest BCUT2D eigenvalue weighted by Crippen LogP contribution is -2.47. The van der Waals surface area contributed by atoms with Crippen molar-refractivity contribution in [2.75, 3.05) is 44.2 Å². The van der Waals surface area contributed by atoms with E-state index in [1.807, 2.05) is 0 Å². The van der Waals surface area contributed by atoms with Crippen LogP contribution in [0.5, 0.6) is 0 Å². The third kappa shape index (κ3) is 3.06. The number of hydrogen-bond acceptors (Lipinski definition) is 6. The Balaban J connectivity index is 1.73. The Labute approximate surface area is 124 Å². The van der Waals surface area contributed by atoms with Crippen LogP contribution in [-0.2, 0) is 6.42 Å². The lowest BCUT2D eigenvalue weighted by molar-refractivity contribution is 0.0951. The summed E-state index contributed by atoms with van der Waals surface area (Å²) >= 11 is 0. The maximum atomic E-state index is 12.0. The number of ketones is 1. The van der Waals surface area contributed by atoms with Crippen molar-refractivity contribution < 1.29 is 9.90 Å². The quantitative estimate of drug-likeness (QED) is 0.866. The zero-order valence-corrected chi connectivity index (χ0v) is 12.5. The van der Waals surface area contributed by atoms with E-state index in [2.05, 4.69) is 26.7 Å². The van der Waals surface area contributed by atoms with Crippen molar-refractivity contribution >= 4 is 11.7 Å². The van der Waals surface area contributed by atoms with Crippen LogP contribution in [-0.4, -0.2) is 65.1 Å². The number of aromatic nitrogens is 2. The predicted octanol–water partition coefficient (Wildman–Crippen LogP) is 0.356. The Morgan fingerprint density at radius 2 is 2.05 bits per heavy atom. The van der Waals surface area contributed by atoms with Crippen molar-refractivity contribution in [1.82, 2.24) is 14.9 Å². The first kappa shape index (κ1) is 14.4. The van der Waals surface area contributed by atoms with Gasteiger partial charge in [0.25, 0.3) is 0 Å². The van der Waals surface area contributed by atoms with Crippen LogP contribution in [0.1, 0.15) is 29.4 Å². The molecule has 0 amide bonds. The number of hydrogen-bond donors (Lipinski definition) is 1. The second-order valence-corrected chi connectivity index (χ2v) is 6.02. The summed E-state index contributed by atoms with van der Waals surface area (Å²) in [4.78, 5) is 25.4. The van der Waals surface area contributed by atoms with E-state index in [0.717, 1.165) is 50.8 Å². The summed E-state index contributed by atoms with van der Waals surface area (Å²) in [5.74, 6) is 1.27. The SMILES string of the molecule is C[C@H]1CC(=O)c2cnc(N3CCN(CCO)CC3)nc2C1. The highest BCUT2D eigenvalue weighted by molar-refractivity contribution is 5.98. The molecule has 1 atom stereocenters. The molecule has 1 aliphatic heterocycles. The molecular formula is C15H22N4O2. The minimum Gasteiger partial charge on any atom is -0.395 e. The molecule has 1 aromatic rings. The van der Waals surface area contributed by atoms with Gasteiger partial charge in [0, 0.05) is 45.3 Å². The van der Waals surface area contributed by atoms with Gasteiger partial charge in [-0.2, -0.15) is 0 Å². The molecule has 0 aromatic carbocycles. The fourth-order valence-corrected chi connectivity index (χ4v) is 3.09. The van der Waals surface area contributed by atoms with Gasteiger partial charge in [-0.15, -0.1) is 0 Å². The van der Waals surface area contributed by atoms with Gasteiger partial charge in [-0.3, -0.25) is 9.69 Å². The Kier molecular flexibility index (Phi) is 4.17. The number of aliphatic hydroxyl groups is 1. The molecule has 1 N–H and O–H groups in total. The molecule has 2 heterocycles. The number of anilines is 1. The molecule has 1 aromatic heterocycles. The third-order valence-electron chi connectivity index (χ3n) is 4.30. The van der Waals surface area contributed by atoms with Crippen molar-refractivity contribution in [1.29, 1.82) is 0 Å². The average Bonchev–Trinajstić information content (AvgIpc) is 2.47. The smallest absolute Gasteiger partial charge is 0.225 e. The first-order chi connectivity index (χ1) is 10.2. The highest BCUT2D eigenvalue weighted by Gasteiger charge is 2.26. The van der Waals surface area contributed by atoms with Gasteiger partial charge in [-0.05, 0) is 12.3 Å². The Bertz CT molecular complexity index is 526. The van der Waals surface area contributed by atoms with E-state index in [1.165, 1.54) is 0 Å². The molecule has 21 heavy (non-hydrogen) atoms. The molecule has 0 radical (unpaired) electrons. The van der Waals surface area contributed by atoms with E-state index in [-0.39, 0.29) is 12.4 Å². The summed E-state index contributed by atoms with van der Waals surface area (Å²) in [5.41, 5.74) is 1.61. The van der Waals surface area contributed by atoms with Crippen LogP contribution in [0.25, 0.3) is 0 Å². The minimum atomic E-state index is 0.170. The van der Waals surface area contributed by atoms with Crippen LogP contribution in [0.2, 0.25) is 0 Å². The van der Waals surface area contributed by atoms with Crippen LogP contribution in [0.3, 0.4) is 0 Å². The lowest BCUT2D eigenvalue weighted by atomic mass is 9.88. The maximum Gasteiger partial charge on any atom is 0.225 e. The third-order valence-corrected chi connectivity index (χ3v) is 4.30. The maximum absolute atomic E-state index is 12.0. The summed E-state index contributed by atoms with van der Waals surface area (Å²) in [6.45, 7) is 6.58. The van der Waals surface area contributed by atoms with Crippen LogP contribution < -0.4 is 4.90 Å². The van der Waals surface area contributed by atoms with Crippen molar-refractivity contribution in [3.05, 3.63) is 17.5 Å². The van der Waals surface area contributed by atoms with E-state index >= 15 is 0 Å². The predicted molar refractivity (Wildman–Crippen MR) is 79.6 cm³/mol. The number of carbonyl (C=O) groups is 1. The molecule has 1 saturated heterocycles. The largest absolute Gasteiger partial charge is 0.395 e. The molecule has 3 rings (SSSR count). The fourth-order valence-electron chi connectivity index (χ4n) is 3.09. The second kappa shape index (κ2) is 6.07. The number of rotatable bonds is 3. The highest BCUT2D eigenvalue weighted by atomic mass is 16.3. The summed E-state index contributed by atoms with van der Waals surface area (Å²) < 4.78 is 0. The number of aliphatic hydroxyl groups excluding tert-OH is 1. The number of Topliss-reactive ketones (excluding diaryl/α,β-unsaturated/α-hetero) is 1. The topological polar surface area (TPSA) is 69.6 Å². The van der Waals surface area contributed by atoms with Crippen LogP contribution >= 0.6 is 0 Å². The van der Waals surface area contributed by atoms with Crippen molar-refractivity contribution in [3.8, 4) is 0 Å². The monoisotopic (exact) mass is 290 g/mol. The fraction of sp³-hybridized carbons (Fsp3) is 0.667. The normalized spacial score (nSPS) is 23.2. The number of carbonyl (C=O) groups excluding carboxylic acids is 1. The first-order valence-electron chi connectivity index (χ1n) is 7.64. The molecule has 0 bridgehead atoms. The Hall–Kier alpha value is -1.53. The van der Waals surface area contributed by atoms with Gasteiger partial charge >= 0.3 is 0 Å². The van der Waals surface area contributed by atoms with E-state index in [0.29, 0.717) is 17.9 Å². The number of nitrogens with zero attached hydrogens (tertiary/aromatic N) is 4. The van der Waals surface area contributed by atoms with Crippen LogP contribution in [0.15, 0.2) is 6.20 Å². The zero-order valence-electron chi connectivity index (χ0n) is 12.5. The first-order valence-corrected chi connectivity index (χ1v) is 7.64. The van der Waals surface area contributed by atoms with Gasteiger partial charge in [0.15, 0.2) is 5.78 Å². The Morgan fingerprint density at radius 3 is 2.76 bits per heavy atom. The van der Waals surface area contributed by atoms with Crippen LogP contribution in [0, 0.1) is 5.92 Å². The van der Waals surface area contributed by atoms with Crippen molar-refractivity contribution in [2.24, 2.45) is 5.92 Å². The molecule has 114 valence electrons. The number of fused-ring (bicyclic) bond motifs is 1. The van der Waals surface area contributed by atoms with Gasteiger partial charge in [0.05, 0.1) is 17.9 Å². The number of β-amino-alcohol motifs (C(OH)–C–C–N with tert-alkyl or cyclic N) is 1. The molecule has 2 aliphatic rings. The van der Waals surface area contributed by atoms with Gasteiger partial charge in [0.1, 0.15) is 0 Å². The minimum absolute atomic E-state index is 0.170. The molecule has 0 spiro atoms. The van der Waals surface area contributed by atoms with E-state index in [1.54, 1.807) is 6.20 Å². The van der Waals surface area contributed by atoms with Gasteiger partial charge in [0.2, 0.25) is 5.95 Å². The highest BCUT2D eigenvalue weighted by Crippen LogP contribution is 2.25. The molecule has 1 fully saturated rings. The molecular weight excluding hydrogens is 268 g/mol.